The van der Waals surface area contributed by atoms with E-state index in [1.807, 2.05) is 6.07 Å². The zero-order valence-electron chi connectivity index (χ0n) is 16.7. The fourth-order valence-corrected chi connectivity index (χ4v) is 3.54. The van der Waals surface area contributed by atoms with Gasteiger partial charge in [0.2, 0.25) is 0 Å². The molecule has 170 valence electrons. The molecule has 11 heteroatoms. The molecule has 4 aromatic rings. The molecule has 0 spiro atoms. The van der Waals surface area contributed by atoms with Crippen molar-refractivity contribution in [2.75, 3.05) is 10.7 Å². The third-order valence-electron chi connectivity index (χ3n) is 4.42. The van der Waals surface area contributed by atoms with Gasteiger partial charge in [-0.1, -0.05) is 47.5 Å². The third-order valence-corrected chi connectivity index (χ3v) is 5.05. The predicted molar refractivity (Wildman–Crippen MR) is 136 cm³/mol. The van der Waals surface area contributed by atoms with Crippen LogP contribution in [0.2, 0.25) is 10.0 Å². The molecule has 2 aromatic heterocycles. The SMILES string of the molecule is Cl.Cl.O=C(NNc1ccnc2c(NC(=O)c3c(Cl)cccc3Cl)cccc12)c1ccccn1. The first-order chi connectivity index (χ1) is 15.0. The molecule has 0 bridgehead atoms. The Morgan fingerprint density at radius 3 is 2.15 bits per heavy atom. The second kappa shape index (κ2) is 11.7. The highest BCUT2D eigenvalue weighted by Crippen LogP contribution is 2.29. The molecule has 3 N–H and O–H groups in total. The Bertz CT molecular complexity index is 1270. The van der Waals surface area contributed by atoms with Crippen LogP contribution in [0.1, 0.15) is 20.8 Å². The Balaban J connectivity index is 0.00000193. The van der Waals surface area contributed by atoms with Crippen molar-refractivity contribution in [3.63, 3.8) is 0 Å². The zero-order chi connectivity index (χ0) is 21.8. The lowest BCUT2D eigenvalue weighted by Gasteiger charge is -2.13. The number of carbonyl (C=O) groups excluding carboxylic acids is 2. The number of pyridine rings is 2. The second-order valence-corrected chi connectivity index (χ2v) is 7.22. The number of carbonyl (C=O) groups is 2. The van der Waals surface area contributed by atoms with Crippen LogP contribution in [-0.2, 0) is 0 Å². The van der Waals surface area contributed by atoms with Gasteiger partial charge in [-0.3, -0.25) is 30.4 Å². The highest BCUT2D eigenvalue weighted by molar-refractivity contribution is 6.40. The van der Waals surface area contributed by atoms with Crippen molar-refractivity contribution in [1.82, 2.24) is 15.4 Å². The average molecular weight is 525 g/mol. The predicted octanol–water partition coefficient (Wildman–Crippen LogP) is 5.79. The third kappa shape index (κ3) is 5.83. The van der Waals surface area contributed by atoms with Gasteiger partial charge in [0.05, 0.1) is 32.5 Å². The Kier molecular flexibility index (Phi) is 9.25. The van der Waals surface area contributed by atoms with Crippen molar-refractivity contribution in [2.45, 2.75) is 0 Å². The molecule has 2 aromatic carbocycles. The van der Waals surface area contributed by atoms with Gasteiger partial charge in [-0.15, -0.1) is 24.8 Å². The molecular formula is C22H17Cl4N5O2. The van der Waals surface area contributed by atoms with Crippen LogP contribution in [0.3, 0.4) is 0 Å². The summed E-state index contributed by atoms with van der Waals surface area (Å²) in [6.07, 6.45) is 3.10. The number of hydrazine groups is 1. The normalized spacial score (nSPS) is 9.88. The maximum atomic E-state index is 12.8. The highest BCUT2D eigenvalue weighted by atomic mass is 35.5. The molecule has 4 rings (SSSR count). The summed E-state index contributed by atoms with van der Waals surface area (Å²) in [6, 6.07) is 16.9. The first-order valence-electron chi connectivity index (χ1n) is 9.15. The lowest BCUT2D eigenvalue weighted by molar-refractivity contribution is 0.0957. The molecule has 2 amide bonds. The molecule has 0 unspecified atom stereocenters. The molecule has 0 saturated carbocycles. The molecule has 0 aliphatic heterocycles. The van der Waals surface area contributed by atoms with E-state index in [1.54, 1.807) is 60.8 Å². The van der Waals surface area contributed by atoms with Crippen LogP contribution in [-0.4, -0.2) is 21.8 Å². The summed E-state index contributed by atoms with van der Waals surface area (Å²) in [7, 11) is 0. The monoisotopic (exact) mass is 523 g/mol. The summed E-state index contributed by atoms with van der Waals surface area (Å²) in [5, 5.41) is 3.99. The van der Waals surface area contributed by atoms with Crippen molar-refractivity contribution in [1.29, 1.82) is 0 Å². The van der Waals surface area contributed by atoms with Crippen LogP contribution in [0, 0.1) is 0 Å². The van der Waals surface area contributed by atoms with Crippen molar-refractivity contribution in [3.05, 3.63) is 94.4 Å². The van der Waals surface area contributed by atoms with E-state index in [9.17, 15) is 9.59 Å². The summed E-state index contributed by atoms with van der Waals surface area (Å²) in [4.78, 5) is 33.4. The minimum absolute atomic E-state index is 0. The van der Waals surface area contributed by atoms with E-state index < -0.39 is 5.91 Å². The molecule has 0 atom stereocenters. The Morgan fingerprint density at radius 1 is 0.727 bits per heavy atom. The summed E-state index contributed by atoms with van der Waals surface area (Å²) in [6.45, 7) is 0. The molecule has 0 saturated heterocycles. The minimum Gasteiger partial charge on any atom is -0.320 e. The molecule has 0 radical (unpaired) electrons. The summed E-state index contributed by atoms with van der Waals surface area (Å²) >= 11 is 12.3. The highest BCUT2D eigenvalue weighted by Gasteiger charge is 2.16. The quantitative estimate of drug-likeness (QED) is 0.287. The van der Waals surface area contributed by atoms with E-state index in [0.29, 0.717) is 22.3 Å². The van der Waals surface area contributed by atoms with Crippen LogP contribution in [0.15, 0.2) is 73.1 Å². The van der Waals surface area contributed by atoms with E-state index >= 15 is 0 Å². The van der Waals surface area contributed by atoms with Gasteiger partial charge in [0.15, 0.2) is 0 Å². The molecule has 0 aliphatic carbocycles. The number of aromatic nitrogens is 2. The summed E-state index contributed by atoms with van der Waals surface area (Å²) in [5.41, 5.74) is 7.54. The van der Waals surface area contributed by atoms with Gasteiger partial charge in [-0.2, -0.15) is 0 Å². The molecule has 0 aliphatic rings. The molecular weight excluding hydrogens is 508 g/mol. The zero-order valence-corrected chi connectivity index (χ0v) is 19.9. The van der Waals surface area contributed by atoms with E-state index in [0.717, 1.165) is 0 Å². The Morgan fingerprint density at radius 2 is 1.45 bits per heavy atom. The van der Waals surface area contributed by atoms with E-state index in [-0.39, 0.29) is 52.0 Å². The first kappa shape index (κ1) is 26.2. The number of nitrogens with one attached hydrogen (secondary N) is 3. The van der Waals surface area contributed by atoms with Crippen LogP contribution < -0.4 is 16.2 Å². The number of benzene rings is 2. The largest absolute Gasteiger partial charge is 0.320 e. The maximum absolute atomic E-state index is 12.8. The number of hydrogen-bond donors (Lipinski definition) is 3. The Hall–Kier alpha value is -3.10. The number of nitrogens with zero attached hydrogens (tertiary/aromatic N) is 2. The van der Waals surface area contributed by atoms with E-state index in [1.165, 1.54) is 6.20 Å². The minimum atomic E-state index is -0.452. The van der Waals surface area contributed by atoms with Gasteiger partial charge >= 0.3 is 0 Å². The number of halogens is 4. The van der Waals surface area contributed by atoms with Crippen LogP contribution in [0.25, 0.3) is 10.9 Å². The van der Waals surface area contributed by atoms with Crippen molar-refractivity contribution in [2.24, 2.45) is 0 Å². The van der Waals surface area contributed by atoms with Gasteiger partial charge in [-0.05, 0) is 36.4 Å². The number of amides is 2. The van der Waals surface area contributed by atoms with Gasteiger partial charge in [0.25, 0.3) is 11.8 Å². The van der Waals surface area contributed by atoms with Gasteiger partial charge < -0.3 is 5.32 Å². The molecule has 0 fully saturated rings. The van der Waals surface area contributed by atoms with Crippen LogP contribution >= 0.6 is 48.0 Å². The first-order valence-corrected chi connectivity index (χ1v) is 9.90. The van der Waals surface area contributed by atoms with Gasteiger partial charge in [-0.25, -0.2) is 0 Å². The number of rotatable bonds is 5. The fourth-order valence-electron chi connectivity index (χ4n) is 2.97. The summed E-state index contributed by atoms with van der Waals surface area (Å²) in [5.74, 6) is -0.838. The lowest BCUT2D eigenvalue weighted by atomic mass is 10.1. The van der Waals surface area contributed by atoms with E-state index in [4.69, 9.17) is 23.2 Å². The summed E-state index contributed by atoms with van der Waals surface area (Å²) < 4.78 is 0. The molecule has 2 heterocycles. The van der Waals surface area contributed by atoms with Crippen molar-refractivity contribution < 1.29 is 9.59 Å². The number of anilines is 2. The van der Waals surface area contributed by atoms with Crippen molar-refractivity contribution in [3.8, 4) is 0 Å². The molecule has 7 nitrogen and oxygen atoms in total. The lowest BCUT2D eigenvalue weighted by Crippen LogP contribution is -2.30. The standard InChI is InChI=1S/C22H15Cl2N5O2.2ClH/c23-14-6-4-7-15(24)19(14)22(31)27-17-9-3-5-13-16(10-12-26-20(13)17)28-29-21(30)18-8-1-2-11-25-18;;/h1-12H,(H,26,28)(H,27,31)(H,29,30);2*1H. The number of hydrogen-bond acceptors (Lipinski definition) is 5. The van der Waals surface area contributed by atoms with E-state index in [2.05, 4.69) is 26.1 Å². The fraction of sp³-hybridized carbons (Fsp3) is 0. The van der Waals surface area contributed by atoms with Crippen LogP contribution in [0.5, 0.6) is 0 Å². The number of fused-ring (bicyclic) bond motifs is 1. The van der Waals surface area contributed by atoms with Gasteiger partial charge in [0, 0.05) is 17.8 Å². The Labute approximate surface area is 211 Å². The smallest absolute Gasteiger partial charge is 0.288 e. The van der Waals surface area contributed by atoms with Gasteiger partial charge in [0.1, 0.15) is 5.69 Å². The molecule has 33 heavy (non-hydrogen) atoms. The maximum Gasteiger partial charge on any atom is 0.288 e. The average Bonchev–Trinajstić information content (AvgIpc) is 2.78. The van der Waals surface area contributed by atoms with Crippen molar-refractivity contribution >= 4 is 82.1 Å². The topological polar surface area (TPSA) is 96.0 Å². The number of para-hydroxylation sites is 1. The van der Waals surface area contributed by atoms with Crippen LogP contribution in [0.4, 0.5) is 11.4 Å². The second-order valence-electron chi connectivity index (χ2n) is 6.41.